The normalized spacial score (nSPS) is 34.4. The molecule has 1 aliphatic heterocycles. The van der Waals surface area contributed by atoms with Gasteiger partial charge < -0.3 is 10.8 Å². The average Bonchev–Trinajstić information content (AvgIpc) is 2.60. The first-order chi connectivity index (χ1) is 9.10. The lowest BCUT2D eigenvalue weighted by atomic mass is 9.78. The molecule has 0 radical (unpaired) electrons. The lowest BCUT2D eigenvalue weighted by molar-refractivity contribution is -0.149. The van der Waals surface area contributed by atoms with Crippen molar-refractivity contribution < 1.29 is 9.90 Å². The van der Waals surface area contributed by atoms with E-state index in [4.69, 9.17) is 5.73 Å². The first kappa shape index (κ1) is 12.6. The Morgan fingerprint density at radius 3 is 2.37 bits per heavy atom. The summed E-state index contributed by atoms with van der Waals surface area (Å²) in [6, 6.07) is 10.3. The largest absolute Gasteiger partial charge is 0.480 e. The maximum absolute atomic E-state index is 11.5. The van der Waals surface area contributed by atoms with Crippen LogP contribution in [-0.2, 0) is 11.3 Å². The maximum atomic E-state index is 11.5. The minimum Gasteiger partial charge on any atom is -0.480 e. The molecule has 1 saturated carbocycles. The number of carboxylic acids is 1. The predicted octanol–water partition coefficient (Wildman–Crippen LogP) is 1.31. The summed E-state index contributed by atoms with van der Waals surface area (Å²) in [4.78, 5) is 13.8. The van der Waals surface area contributed by atoms with Gasteiger partial charge in [-0.15, -0.1) is 0 Å². The fourth-order valence-electron chi connectivity index (χ4n) is 3.72. The van der Waals surface area contributed by atoms with Gasteiger partial charge >= 0.3 is 5.97 Å². The second kappa shape index (κ2) is 4.62. The minimum absolute atomic E-state index is 0.0902. The standard InChI is InChI=1S/C15H20N2O2/c16-15(14(18)19)12-6-7-13(15)10-17(9-12)8-11-4-2-1-3-5-11/h1-5,12-13H,6-10,16H2,(H,18,19). The van der Waals surface area contributed by atoms with Crippen LogP contribution in [0.1, 0.15) is 18.4 Å². The van der Waals surface area contributed by atoms with E-state index in [-0.39, 0.29) is 11.8 Å². The zero-order valence-electron chi connectivity index (χ0n) is 11.0. The van der Waals surface area contributed by atoms with Crippen molar-refractivity contribution in [1.82, 2.24) is 4.90 Å². The van der Waals surface area contributed by atoms with Crippen LogP contribution < -0.4 is 5.73 Å². The van der Waals surface area contributed by atoms with Crippen molar-refractivity contribution in [1.29, 1.82) is 0 Å². The number of carboxylic acid groups (broad SMARTS) is 1. The Kier molecular flexibility index (Phi) is 3.07. The summed E-state index contributed by atoms with van der Waals surface area (Å²) in [7, 11) is 0. The third-order valence-electron chi connectivity index (χ3n) is 4.79. The van der Waals surface area contributed by atoms with Crippen molar-refractivity contribution in [2.45, 2.75) is 24.9 Å². The second-order valence-corrected chi connectivity index (χ2v) is 5.89. The second-order valence-electron chi connectivity index (χ2n) is 5.89. The van der Waals surface area contributed by atoms with Gasteiger partial charge in [0.15, 0.2) is 0 Å². The van der Waals surface area contributed by atoms with Gasteiger partial charge in [0.25, 0.3) is 0 Å². The van der Waals surface area contributed by atoms with Gasteiger partial charge in [0.2, 0.25) is 0 Å². The number of fused-ring (bicyclic) bond motifs is 2. The van der Waals surface area contributed by atoms with Crippen LogP contribution in [0.5, 0.6) is 0 Å². The number of nitrogens with zero attached hydrogens (tertiary/aromatic N) is 1. The molecule has 0 amide bonds. The highest BCUT2D eigenvalue weighted by molar-refractivity contribution is 5.80. The van der Waals surface area contributed by atoms with Crippen LogP contribution >= 0.6 is 0 Å². The van der Waals surface area contributed by atoms with Gasteiger partial charge in [-0.05, 0) is 18.4 Å². The van der Waals surface area contributed by atoms with Gasteiger partial charge in [0.1, 0.15) is 5.54 Å². The Labute approximate surface area is 113 Å². The van der Waals surface area contributed by atoms with Gasteiger partial charge in [0.05, 0.1) is 0 Å². The van der Waals surface area contributed by atoms with Crippen LogP contribution in [0.3, 0.4) is 0 Å². The van der Waals surface area contributed by atoms with Gasteiger partial charge in [0, 0.05) is 31.5 Å². The topological polar surface area (TPSA) is 66.6 Å². The molecule has 1 saturated heterocycles. The Bertz CT molecular complexity index is 460. The maximum Gasteiger partial charge on any atom is 0.324 e. The van der Waals surface area contributed by atoms with Crippen molar-refractivity contribution in [2.75, 3.05) is 13.1 Å². The molecule has 2 unspecified atom stereocenters. The predicted molar refractivity (Wildman–Crippen MR) is 72.5 cm³/mol. The molecule has 3 N–H and O–H groups in total. The van der Waals surface area contributed by atoms with Gasteiger partial charge in [-0.25, -0.2) is 0 Å². The summed E-state index contributed by atoms with van der Waals surface area (Å²) >= 11 is 0. The third kappa shape index (κ3) is 2.05. The van der Waals surface area contributed by atoms with E-state index in [1.807, 2.05) is 18.2 Å². The zero-order valence-corrected chi connectivity index (χ0v) is 11.0. The molecule has 4 heteroatoms. The molecule has 0 spiro atoms. The van der Waals surface area contributed by atoms with E-state index in [0.717, 1.165) is 32.5 Å². The zero-order chi connectivity index (χ0) is 13.5. The monoisotopic (exact) mass is 260 g/mol. The Balaban J connectivity index is 1.73. The first-order valence-electron chi connectivity index (χ1n) is 6.89. The van der Waals surface area contributed by atoms with Crippen molar-refractivity contribution in [3.8, 4) is 0 Å². The highest BCUT2D eigenvalue weighted by atomic mass is 16.4. The first-order valence-corrected chi connectivity index (χ1v) is 6.89. The highest BCUT2D eigenvalue weighted by Crippen LogP contribution is 2.43. The average molecular weight is 260 g/mol. The molecule has 2 bridgehead atoms. The molecule has 2 aliphatic rings. The fraction of sp³-hybridized carbons (Fsp3) is 0.533. The van der Waals surface area contributed by atoms with E-state index in [9.17, 15) is 9.90 Å². The summed E-state index contributed by atoms with van der Waals surface area (Å²) in [6.07, 6.45) is 1.89. The molecule has 1 aliphatic carbocycles. The molecule has 1 heterocycles. The smallest absolute Gasteiger partial charge is 0.324 e. The van der Waals surface area contributed by atoms with Gasteiger partial charge in [-0.3, -0.25) is 9.69 Å². The Morgan fingerprint density at radius 1 is 1.26 bits per heavy atom. The number of carbonyl (C=O) groups is 1. The summed E-state index contributed by atoms with van der Waals surface area (Å²) in [5.74, 6) is -0.640. The molecule has 2 atom stereocenters. The highest BCUT2D eigenvalue weighted by Gasteiger charge is 2.56. The number of piperidine rings is 1. The van der Waals surface area contributed by atoms with Crippen LogP contribution in [0, 0.1) is 11.8 Å². The van der Waals surface area contributed by atoms with Crippen molar-refractivity contribution in [3.63, 3.8) is 0 Å². The van der Waals surface area contributed by atoms with E-state index in [1.54, 1.807) is 0 Å². The molecule has 1 aromatic carbocycles. The number of hydrogen-bond donors (Lipinski definition) is 2. The van der Waals surface area contributed by atoms with Gasteiger partial charge in [-0.1, -0.05) is 30.3 Å². The summed E-state index contributed by atoms with van der Waals surface area (Å²) in [5, 5.41) is 9.41. The van der Waals surface area contributed by atoms with Crippen LogP contribution in [0.2, 0.25) is 0 Å². The van der Waals surface area contributed by atoms with Crippen molar-refractivity contribution >= 4 is 5.97 Å². The minimum atomic E-state index is -0.993. The lowest BCUT2D eigenvalue weighted by Crippen LogP contribution is -2.63. The number of likely N-dealkylation sites (tertiary alicyclic amines) is 1. The molecular weight excluding hydrogens is 240 g/mol. The quantitative estimate of drug-likeness (QED) is 0.860. The fourth-order valence-corrected chi connectivity index (χ4v) is 3.72. The Hall–Kier alpha value is -1.39. The molecule has 1 aromatic rings. The number of hydrogen-bond acceptors (Lipinski definition) is 3. The number of aliphatic carboxylic acids is 1. The number of rotatable bonds is 3. The number of benzene rings is 1. The van der Waals surface area contributed by atoms with E-state index in [0.29, 0.717) is 0 Å². The van der Waals surface area contributed by atoms with Crippen molar-refractivity contribution in [2.24, 2.45) is 17.6 Å². The summed E-state index contributed by atoms with van der Waals surface area (Å²) < 4.78 is 0. The molecule has 19 heavy (non-hydrogen) atoms. The molecule has 0 aromatic heterocycles. The van der Waals surface area contributed by atoms with E-state index < -0.39 is 11.5 Å². The SMILES string of the molecule is NC1(C(=O)O)C2CCC1CN(Cc1ccccc1)C2. The molecule has 2 fully saturated rings. The molecular formula is C15H20N2O2. The van der Waals surface area contributed by atoms with E-state index in [1.165, 1.54) is 5.56 Å². The molecule has 3 rings (SSSR count). The summed E-state index contributed by atoms with van der Waals surface area (Å²) in [6.45, 7) is 2.49. The number of nitrogens with two attached hydrogens (primary N) is 1. The summed E-state index contributed by atoms with van der Waals surface area (Å²) in [5.41, 5.74) is 6.47. The molecule has 4 nitrogen and oxygen atoms in total. The van der Waals surface area contributed by atoms with Crippen LogP contribution in [0.15, 0.2) is 30.3 Å². The third-order valence-corrected chi connectivity index (χ3v) is 4.79. The lowest BCUT2D eigenvalue weighted by Gasteiger charge is -2.42. The Morgan fingerprint density at radius 2 is 1.84 bits per heavy atom. The van der Waals surface area contributed by atoms with Crippen LogP contribution in [0.25, 0.3) is 0 Å². The van der Waals surface area contributed by atoms with Gasteiger partial charge in [-0.2, -0.15) is 0 Å². The van der Waals surface area contributed by atoms with Crippen LogP contribution in [-0.4, -0.2) is 34.6 Å². The van der Waals surface area contributed by atoms with E-state index >= 15 is 0 Å². The van der Waals surface area contributed by atoms with Crippen LogP contribution in [0.4, 0.5) is 0 Å². The molecule has 102 valence electrons. The van der Waals surface area contributed by atoms with E-state index in [2.05, 4.69) is 17.0 Å². The van der Waals surface area contributed by atoms with Crippen molar-refractivity contribution in [3.05, 3.63) is 35.9 Å².